The Morgan fingerprint density at radius 2 is 1.95 bits per heavy atom. The molecular formula is C15H22FNO2. The minimum atomic E-state index is -0.346. The number of halogens is 1. The molecule has 0 bridgehead atoms. The van der Waals surface area contributed by atoms with E-state index in [1.807, 2.05) is 26.8 Å². The van der Waals surface area contributed by atoms with Gasteiger partial charge in [0.1, 0.15) is 6.10 Å². The molecule has 4 heteroatoms. The summed E-state index contributed by atoms with van der Waals surface area (Å²) in [6.07, 6.45) is 1.90. The zero-order valence-corrected chi connectivity index (χ0v) is 11.7. The Morgan fingerprint density at radius 1 is 1.32 bits per heavy atom. The summed E-state index contributed by atoms with van der Waals surface area (Å²) in [6, 6.07) is 4.76. The van der Waals surface area contributed by atoms with E-state index in [2.05, 4.69) is 0 Å². The molecule has 0 amide bonds. The molecule has 1 aromatic rings. The second-order valence-corrected chi connectivity index (χ2v) is 5.45. The van der Waals surface area contributed by atoms with E-state index in [0.29, 0.717) is 5.75 Å². The quantitative estimate of drug-likeness (QED) is 0.914. The van der Waals surface area contributed by atoms with Gasteiger partial charge < -0.3 is 15.2 Å². The number of ether oxygens (including phenoxy) is 2. The topological polar surface area (TPSA) is 44.5 Å². The molecule has 1 aromatic carbocycles. The van der Waals surface area contributed by atoms with Gasteiger partial charge in [-0.25, -0.2) is 4.39 Å². The molecule has 1 fully saturated rings. The molecule has 1 saturated heterocycles. The number of benzene rings is 1. The van der Waals surface area contributed by atoms with E-state index in [-0.39, 0.29) is 30.2 Å². The molecule has 3 atom stereocenters. The van der Waals surface area contributed by atoms with Gasteiger partial charge in [-0.1, -0.05) is 6.07 Å². The van der Waals surface area contributed by atoms with Crippen LogP contribution in [0.2, 0.25) is 0 Å². The van der Waals surface area contributed by atoms with Gasteiger partial charge in [0.05, 0.1) is 12.2 Å². The Bertz CT molecular complexity index is 426. The van der Waals surface area contributed by atoms with Crippen LogP contribution in [0.15, 0.2) is 18.2 Å². The van der Waals surface area contributed by atoms with Crippen molar-refractivity contribution in [2.75, 3.05) is 0 Å². The van der Waals surface area contributed by atoms with E-state index in [0.717, 1.165) is 18.4 Å². The molecule has 19 heavy (non-hydrogen) atoms. The molecule has 2 rings (SSSR count). The SMILES string of the molecule is CC1CC(Oc2ccc([C@@H](C)N)cc2F)CC(C)O1. The molecule has 0 aromatic heterocycles. The van der Waals surface area contributed by atoms with E-state index in [9.17, 15) is 4.39 Å². The fourth-order valence-corrected chi connectivity index (χ4v) is 2.52. The predicted octanol–water partition coefficient (Wildman–Crippen LogP) is 3.18. The first kappa shape index (κ1) is 14.3. The molecule has 1 aliphatic heterocycles. The third-order valence-corrected chi connectivity index (χ3v) is 3.43. The summed E-state index contributed by atoms with van der Waals surface area (Å²) in [5.74, 6) is -0.0442. The van der Waals surface area contributed by atoms with Gasteiger partial charge in [0, 0.05) is 18.9 Å². The van der Waals surface area contributed by atoms with Crippen LogP contribution in [0.4, 0.5) is 4.39 Å². The van der Waals surface area contributed by atoms with Crippen LogP contribution in [0.1, 0.15) is 45.2 Å². The lowest BCUT2D eigenvalue weighted by atomic mass is 10.0. The maximum Gasteiger partial charge on any atom is 0.165 e. The average molecular weight is 267 g/mol. The summed E-state index contributed by atoms with van der Waals surface area (Å²) in [5, 5.41) is 0. The van der Waals surface area contributed by atoms with Crippen LogP contribution in [0.25, 0.3) is 0 Å². The zero-order chi connectivity index (χ0) is 14.0. The molecule has 3 nitrogen and oxygen atoms in total. The van der Waals surface area contributed by atoms with Crippen molar-refractivity contribution in [3.05, 3.63) is 29.6 Å². The van der Waals surface area contributed by atoms with Crippen LogP contribution in [0, 0.1) is 5.82 Å². The summed E-state index contributed by atoms with van der Waals surface area (Å²) in [4.78, 5) is 0. The largest absolute Gasteiger partial charge is 0.487 e. The molecule has 0 radical (unpaired) electrons. The highest BCUT2D eigenvalue weighted by atomic mass is 19.1. The molecule has 0 spiro atoms. The Balaban J connectivity index is 2.06. The first-order chi connectivity index (χ1) is 8.95. The van der Waals surface area contributed by atoms with Crippen LogP contribution < -0.4 is 10.5 Å². The van der Waals surface area contributed by atoms with Gasteiger partial charge in [-0.05, 0) is 38.5 Å². The third kappa shape index (κ3) is 3.67. The van der Waals surface area contributed by atoms with Crippen LogP contribution in [0.3, 0.4) is 0 Å². The normalized spacial score (nSPS) is 29.0. The second-order valence-electron chi connectivity index (χ2n) is 5.45. The lowest BCUT2D eigenvalue weighted by molar-refractivity contribution is -0.0727. The van der Waals surface area contributed by atoms with E-state index < -0.39 is 0 Å². The van der Waals surface area contributed by atoms with E-state index in [4.69, 9.17) is 15.2 Å². The Labute approximate surface area is 113 Å². The summed E-state index contributed by atoms with van der Waals surface area (Å²) in [6.45, 7) is 5.86. The zero-order valence-electron chi connectivity index (χ0n) is 11.7. The molecule has 1 heterocycles. The van der Waals surface area contributed by atoms with Crippen LogP contribution in [-0.2, 0) is 4.74 Å². The fraction of sp³-hybridized carbons (Fsp3) is 0.600. The Morgan fingerprint density at radius 3 is 2.47 bits per heavy atom. The second kappa shape index (κ2) is 5.88. The van der Waals surface area contributed by atoms with Crippen molar-refractivity contribution >= 4 is 0 Å². The van der Waals surface area contributed by atoms with E-state index in [1.165, 1.54) is 6.07 Å². The number of rotatable bonds is 3. The molecule has 2 unspecified atom stereocenters. The Kier molecular flexibility index (Phi) is 4.42. The molecule has 106 valence electrons. The van der Waals surface area contributed by atoms with Crippen molar-refractivity contribution in [3.63, 3.8) is 0 Å². The highest BCUT2D eigenvalue weighted by Gasteiger charge is 2.26. The monoisotopic (exact) mass is 267 g/mol. The third-order valence-electron chi connectivity index (χ3n) is 3.43. The van der Waals surface area contributed by atoms with E-state index >= 15 is 0 Å². The van der Waals surface area contributed by atoms with Gasteiger partial charge in [-0.3, -0.25) is 0 Å². The summed E-state index contributed by atoms with van der Waals surface area (Å²) in [7, 11) is 0. The van der Waals surface area contributed by atoms with Crippen LogP contribution >= 0.6 is 0 Å². The van der Waals surface area contributed by atoms with Crippen molar-refractivity contribution < 1.29 is 13.9 Å². The smallest absolute Gasteiger partial charge is 0.165 e. The van der Waals surface area contributed by atoms with Gasteiger partial charge in [-0.15, -0.1) is 0 Å². The molecule has 0 saturated carbocycles. The summed E-state index contributed by atoms with van der Waals surface area (Å²) < 4.78 is 25.4. The van der Waals surface area contributed by atoms with Crippen molar-refractivity contribution in [1.82, 2.24) is 0 Å². The predicted molar refractivity (Wildman–Crippen MR) is 72.7 cm³/mol. The average Bonchev–Trinajstić information content (AvgIpc) is 2.30. The van der Waals surface area contributed by atoms with Gasteiger partial charge >= 0.3 is 0 Å². The summed E-state index contributed by atoms with van der Waals surface area (Å²) in [5.41, 5.74) is 6.51. The van der Waals surface area contributed by atoms with Crippen LogP contribution in [-0.4, -0.2) is 18.3 Å². The first-order valence-electron chi connectivity index (χ1n) is 6.83. The number of nitrogens with two attached hydrogens (primary N) is 1. The molecule has 1 aliphatic rings. The van der Waals surface area contributed by atoms with Crippen molar-refractivity contribution in [2.24, 2.45) is 5.73 Å². The van der Waals surface area contributed by atoms with Crippen molar-refractivity contribution in [1.29, 1.82) is 0 Å². The number of hydrogen-bond donors (Lipinski definition) is 1. The lowest BCUT2D eigenvalue weighted by Gasteiger charge is -2.32. The minimum absolute atomic E-state index is 0.00870. The lowest BCUT2D eigenvalue weighted by Crippen LogP contribution is -2.35. The van der Waals surface area contributed by atoms with Gasteiger partial charge in [-0.2, -0.15) is 0 Å². The maximum atomic E-state index is 13.9. The highest BCUT2D eigenvalue weighted by Crippen LogP contribution is 2.27. The Hall–Kier alpha value is -1.13. The molecule has 0 aliphatic carbocycles. The molecular weight excluding hydrogens is 245 g/mol. The highest BCUT2D eigenvalue weighted by molar-refractivity contribution is 5.31. The van der Waals surface area contributed by atoms with Gasteiger partial charge in [0.15, 0.2) is 11.6 Å². The fourth-order valence-electron chi connectivity index (χ4n) is 2.52. The number of hydrogen-bond acceptors (Lipinski definition) is 3. The summed E-state index contributed by atoms with van der Waals surface area (Å²) >= 11 is 0. The molecule has 2 N–H and O–H groups in total. The van der Waals surface area contributed by atoms with E-state index in [1.54, 1.807) is 6.07 Å². The van der Waals surface area contributed by atoms with Gasteiger partial charge in [0.25, 0.3) is 0 Å². The van der Waals surface area contributed by atoms with Gasteiger partial charge in [0.2, 0.25) is 0 Å². The van der Waals surface area contributed by atoms with Crippen LogP contribution in [0.5, 0.6) is 5.75 Å². The standard InChI is InChI=1S/C15H22FNO2/c1-9-6-13(7-10(2)18-9)19-15-5-4-12(11(3)17)8-14(15)16/h4-5,8-11,13H,6-7,17H2,1-3H3/t9?,10?,11-,13?/m1/s1. The van der Waals surface area contributed by atoms with Crippen molar-refractivity contribution in [3.8, 4) is 5.75 Å². The minimum Gasteiger partial charge on any atom is -0.487 e. The first-order valence-corrected chi connectivity index (χ1v) is 6.83. The maximum absolute atomic E-state index is 13.9. The van der Waals surface area contributed by atoms with Crippen molar-refractivity contribution in [2.45, 2.75) is 58.0 Å².